The van der Waals surface area contributed by atoms with E-state index < -0.39 is 5.60 Å². The summed E-state index contributed by atoms with van der Waals surface area (Å²) in [4.78, 5) is 12.4. The molecule has 2 saturated carbocycles. The van der Waals surface area contributed by atoms with Crippen molar-refractivity contribution in [3.63, 3.8) is 0 Å². The third-order valence-electron chi connectivity index (χ3n) is 8.13. The first kappa shape index (κ1) is 19.9. The minimum Gasteiger partial charge on any atom is -0.453 e. The van der Waals surface area contributed by atoms with Crippen molar-refractivity contribution >= 4 is 5.97 Å². The van der Waals surface area contributed by atoms with Crippen molar-refractivity contribution < 1.29 is 14.3 Å². The Labute approximate surface area is 159 Å². The first-order chi connectivity index (χ1) is 12.3. The van der Waals surface area contributed by atoms with Gasteiger partial charge in [0.1, 0.15) is 5.60 Å². The molecule has 0 amide bonds. The number of rotatable bonds is 4. The third-order valence-corrected chi connectivity index (χ3v) is 8.13. The van der Waals surface area contributed by atoms with Gasteiger partial charge in [0.2, 0.25) is 0 Å². The zero-order valence-electron chi connectivity index (χ0n) is 17.3. The first-order valence-corrected chi connectivity index (χ1v) is 10.8. The Morgan fingerprint density at radius 1 is 1.23 bits per heavy atom. The topological polar surface area (TPSA) is 35.5 Å². The predicted octanol–water partition coefficient (Wildman–Crippen LogP) is 5.53. The maximum atomic E-state index is 12.4. The van der Waals surface area contributed by atoms with Crippen LogP contribution in [-0.2, 0) is 14.3 Å². The monoisotopic (exact) mass is 362 g/mol. The van der Waals surface area contributed by atoms with E-state index in [-0.39, 0.29) is 17.5 Å². The normalized spacial score (nSPS) is 43.6. The Morgan fingerprint density at radius 3 is 2.62 bits per heavy atom. The average molecular weight is 363 g/mol. The van der Waals surface area contributed by atoms with Crippen LogP contribution in [0.2, 0.25) is 0 Å². The van der Waals surface area contributed by atoms with Gasteiger partial charge in [-0.15, -0.1) is 0 Å². The number of hydrogen-bond donors (Lipinski definition) is 0. The molecule has 6 atom stereocenters. The number of hydrogen-bond acceptors (Lipinski definition) is 3. The molecule has 0 spiro atoms. The number of carbonyl (C=O) groups excluding carboxylic acids is 1. The largest absolute Gasteiger partial charge is 0.453 e. The van der Waals surface area contributed by atoms with Crippen molar-refractivity contribution in [2.24, 2.45) is 29.1 Å². The van der Waals surface area contributed by atoms with Gasteiger partial charge in [0, 0.05) is 18.1 Å². The lowest BCUT2D eigenvalue weighted by Gasteiger charge is -2.62. The van der Waals surface area contributed by atoms with E-state index >= 15 is 0 Å². The quantitative estimate of drug-likeness (QED) is 0.487. The van der Waals surface area contributed by atoms with Crippen molar-refractivity contribution in [2.75, 3.05) is 6.61 Å². The van der Waals surface area contributed by atoms with E-state index in [0.29, 0.717) is 11.8 Å². The van der Waals surface area contributed by atoms with Gasteiger partial charge >= 0.3 is 5.97 Å². The lowest BCUT2D eigenvalue weighted by molar-refractivity contribution is -0.253. The van der Waals surface area contributed by atoms with Crippen LogP contribution in [0.1, 0.15) is 79.1 Å². The Kier molecular flexibility index (Phi) is 5.86. The molecule has 0 bridgehead atoms. The minimum atomic E-state index is -0.488. The van der Waals surface area contributed by atoms with Gasteiger partial charge in [-0.05, 0) is 75.0 Å². The Morgan fingerprint density at radius 2 is 2.00 bits per heavy atom. The van der Waals surface area contributed by atoms with Gasteiger partial charge in [-0.3, -0.25) is 0 Å². The fraction of sp³-hybridized carbons (Fsp3) is 0.870. The highest BCUT2D eigenvalue weighted by Gasteiger charge is 2.64. The second-order valence-corrected chi connectivity index (χ2v) is 9.69. The molecular weight excluding hydrogens is 324 g/mol. The molecule has 3 heteroatoms. The van der Waals surface area contributed by atoms with E-state index in [4.69, 9.17) is 9.47 Å². The fourth-order valence-electron chi connectivity index (χ4n) is 6.39. The second kappa shape index (κ2) is 7.66. The smallest absolute Gasteiger partial charge is 0.330 e. The Bertz CT molecular complexity index is 522. The summed E-state index contributed by atoms with van der Waals surface area (Å²) in [7, 11) is 0. The van der Waals surface area contributed by atoms with Crippen LogP contribution in [-0.4, -0.2) is 24.3 Å². The van der Waals surface area contributed by atoms with Crippen LogP contribution < -0.4 is 0 Å². The van der Waals surface area contributed by atoms with Gasteiger partial charge in [-0.2, -0.15) is 0 Å². The van der Waals surface area contributed by atoms with Crippen LogP contribution in [0.3, 0.4) is 0 Å². The molecule has 3 aliphatic rings. The van der Waals surface area contributed by atoms with Crippen LogP contribution >= 0.6 is 0 Å². The van der Waals surface area contributed by atoms with Crippen LogP contribution in [0.25, 0.3) is 0 Å². The van der Waals surface area contributed by atoms with Crippen LogP contribution in [0.15, 0.2) is 12.7 Å². The molecule has 148 valence electrons. The van der Waals surface area contributed by atoms with Gasteiger partial charge in [0.05, 0.1) is 6.10 Å². The van der Waals surface area contributed by atoms with Crippen molar-refractivity contribution in [2.45, 2.75) is 90.8 Å². The van der Waals surface area contributed by atoms with Crippen LogP contribution in [0.4, 0.5) is 0 Å². The molecule has 3 nitrogen and oxygen atoms in total. The molecule has 0 aromatic heterocycles. The van der Waals surface area contributed by atoms with Gasteiger partial charge in [-0.1, -0.05) is 34.3 Å². The van der Waals surface area contributed by atoms with Gasteiger partial charge in [0.15, 0.2) is 0 Å². The summed E-state index contributed by atoms with van der Waals surface area (Å²) in [5, 5.41) is 0. The Hall–Kier alpha value is -0.830. The average Bonchev–Trinajstić information content (AvgIpc) is 2.64. The van der Waals surface area contributed by atoms with E-state index in [1.54, 1.807) is 0 Å². The summed E-state index contributed by atoms with van der Waals surface area (Å²) >= 11 is 0. The highest BCUT2D eigenvalue weighted by atomic mass is 16.6. The molecule has 26 heavy (non-hydrogen) atoms. The van der Waals surface area contributed by atoms with Crippen molar-refractivity contribution in [3.8, 4) is 0 Å². The summed E-state index contributed by atoms with van der Waals surface area (Å²) in [5.74, 6) is 2.51. The minimum absolute atomic E-state index is 0.00324. The maximum absolute atomic E-state index is 12.4. The van der Waals surface area contributed by atoms with E-state index in [1.165, 1.54) is 25.3 Å². The van der Waals surface area contributed by atoms with Crippen molar-refractivity contribution in [3.05, 3.63) is 12.7 Å². The molecule has 1 aliphatic heterocycles. The second-order valence-electron chi connectivity index (χ2n) is 9.69. The molecule has 0 aromatic carbocycles. The number of ether oxygens (including phenoxy) is 2. The number of fused-ring (bicyclic) bond motifs is 1. The molecule has 0 N–H and O–H groups in total. The lowest BCUT2D eigenvalue weighted by atomic mass is 9.47. The summed E-state index contributed by atoms with van der Waals surface area (Å²) in [5.41, 5.74) is -0.492. The Balaban J connectivity index is 1.99. The zero-order valence-corrected chi connectivity index (χ0v) is 17.3. The van der Waals surface area contributed by atoms with Gasteiger partial charge in [-0.25, -0.2) is 4.79 Å². The highest BCUT2D eigenvalue weighted by Crippen LogP contribution is 2.62. The summed E-state index contributed by atoms with van der Waals surface area (Å²) in [6.45, 7) is 14.0. The van der Waals surface area contributed by atoms with E-state index in [2.05, 4.69) is 34.3 Å². The van der Waals surface area contributed by atoms with E-state index in [1.807, 2.05) is 0 Å². The predicted molar refractivity (Wildman–Crippen MR) is 105 cm³/mol. The SMILES string of the molecule is C=CC(=O)OC1(C2CCCCO2)CC[C@H](C)[C@@H]2C[C@H](C(C)C)CC[C@]21C. The standard InChI is InChI=1S/C23H38O3/c1-6-21(24)26-23(20-9-7-8-14-25-20)13-10-17(4)19-15-18(16(2)3)11-12-22(19,23)5/h6,16-20H,1,7-15H2,2-5H3/t17-,18+,19-,20?,22+,23?/m0/s1. The summed E-state index contributed by atoms with van der Waals surface area (Å²) < 4.78 is 12.6. The van der Waals surface area contributed by atoms with Crippen LogP contribution in [0, 0.1) is 29.1 Å². The fourth-order valence-corrected chi connectivity index (χ4v) is 6.39. The molecular formula is C23H38O3. The molecule has 3 rings (SSSR count). The molecule has 2 unspecified atom stereocenters. The van der Waals surface area contributed by atoms with E-state index in [9.17, 15) is 4.79 Å². The third kappa shape index (κ3) is 3.25. The first-order valence-electron chi connectivity index (χ1n) is 10.8. The van der Waals surface area contributed by atoms with Gasteiger partial charge < -0.3 is 9.47 Å². The summed E-state index contributed by atoms with van der Waals surface area (Å²) in [6.07, 6.45) is 10.3. The lowest BCUT2D eigenvalue weighted by Crippen LogP contribution is -2.66. The molecule has 1 saturated heterocycles. The van der Waals surface area contributed by atoms with Gasteiger partial charge in [0.25, 0.3) is 0 Å². The zero-order chi connectivity index (χ0) is 18.9. The molecule has 0 aromatic rings. The number of carbonyl (C=O) groups is 1. The molecule has 2 aliphatic carbocycles. The van der Waals surface area contributed by atoms with E-state index in [0.717, 1.165) is 50.5 Å². The molecule has 1 heterocycles. The van der Waals surface area contributed by atoms with Crippen LogP contribution in [0.5, 0.6) is 0 Å². The van der Waals surface area contributed by atoms with Crippen molar-refractivity contribution in [1.29, 1.82) is 0 Å². The summed E-state index contributed by atoms with van der Waals surface area (Å²) in [6, 6.07) is 0. The van der Waals surface area contributed by atoms with Crippen molar-refractivity contribution in [1.82, 2.24) is 0 Å². The number of esters is 1. The molecule has 0 radical (unpaired) electrons. The maximum Gasteiger partial charge on any atom is 0.330 e. The molecule has 3 fully saturated rings. The highest BCUT2D eigenvalue weighted by molar-refractivity contribution is 5.81.